The zero-order valence-electron chi connectivity index (χ0n) is 17.9. The average molecular weight is 433 g/mol. The van der Waals surface area contributed by atoms with Crippen LogP contribution in [-0.2, 0) is 0 Å². The maximum Gasteiger partial charge on any atom is 0.213 e. The van der Waals surface area contributed by atoms with Gasteiger partial charge in [0.05, 0.1) is 18.9 Å². The van der Waals surface area contributed by atoms with E-state index in [2.05, 4.69) is 55.3 Å². The lowest BCUT2D eigenvalue weighted by Gasteiger charge is -2.38. The topological polar surface area (TPSA) is 34.1 Å². The minimum Gasteiger partial charge on any atom is -0.497 e. The van der Waals surface area contributed by atoms with Crippen molar-refractivity contribution in [1.29, 1.82) is 0 Å². The molecule has 3 aromatic carbocycles. The highest BCUT2D eigenvalue weighted by Crippen LogP contribution is 2.48. The van der Waals surface area contributed by atoms with E-state index in [1.165, 1.54) is 5.56 Å². The van der Waals surface area contributed by atoms with E-state index in [4.69, 9.17) is 26.2 Å². The highest BCUT2D eigenvalue weighted by molar-refractivity contribution is 6.30. The first-order valence-electron chi connectivity index (χ1n) is 10.6. The van der Waals surface area contributed by atoms with Gasteiger partial charge in [0.1, 0.15) is 11.5 Å². The van der Waals surface area contributed by atoms with Gasteiger partial charge in [-0.3, -0.25) is 0 Å². The Hall–Kier alpha value is -2.98. The fraction of sp³-hybridized carbons (Fsp3) is 0.269. The molecule has 0 bridgehead atoms. The number of nitrogens with zero attached hydrogens (tertiary/aromatic N) is 2. The van der Waals surface area contributed by atoms with Gasteiger partial charge in [0.2, 0.25) is 6.23 Å². The Morgan fingerprint density at radius 3 is 2.45 bits per heavy atom. The van der Waals surface area contributed by atoms with Gasteiger partial charge in [-0.25, -0.2) is 5.01 Å². The molecule has 0 saturated carbocycles. The molecule has 158 valence electrons. The Morgan fingerprint density at radius 1 is 1.03 bits per heavy atom. The third-order valence-electron chi connectivity index (χ3n) is 6.06. The summed E-state index contributed by atoms with van der Waals surface area (Å²) in [5.74, 6) is 2.20. The molecule has 5 heteroatoms. The molecular formula is C26H25ClN2O2. The smallest absolute Gasteiger partial charge is 0.213 e. The third-order valence-corrected chi connectivity index (χ3v) is 6.30. The number of benzene rings is 3. The molecule has 2 aliphatic heterocycles. The van der Waals surface area contributed by atoms with Crippen LogP contribution in [0.2, 0.25) is 5.02 Å². The lowest BCUT2D eigenvalue weighted by Crippen LogP contribution is -2.33. The van der Waals surface area contributed by atoms with E-state index >= 15 is 0 Å². The lowest BCUT2D eigenvalue weighted by atomic mass is 9.95. The molecule has 0 amide bonds. The van der Waals surface area contributed by atoms with Crippen LogP contribution in [0.15, 0.2) is 71.8 Å². The summed E-state index contributed by atoms with van der Waals surface area (Å²) in [4.78, 5) is 0. The minimum absolute atomic E-state index is 0.0781. The average Bonchev–Trinajstić information content (AvgIpc) is 3.24. The van der Waals surface area contributed by atoms with Crippen LogP contribution in [-0.4, -0.2) is 17.8 Å². The van der Waals surface area contributed by atoms with E-state index < -0.39 is 0 Å². The summed E-state index contributed by atoms with van der Waals surface area (Å²) in [6, 6.07) is 22.7. The fourth-order valence-electron chi connectivity index (χ4n) is 4.28. The van der Waals surface area contributed by atoms with Crippen LogP contribution in [0.25, 0.3) is 0 Å². The van der Waals surface area contributed by atoms with E-state index in [0.29, 0.717) is 10.9 Å². The van der Waals surface area contributed by atoms with Crippen molar-refractivity contribution in [1.82, 2.24) is 5.01 Å². The maximum atomic E-state index is 6.45. The largest absolute Gasteiger partial charge is 0.497 e. The highest BCUT2D eigenvalue weighted by atomic mass is 35.5. The van der Waals surface area contributed by atoms with E-state index in [1.54, 1.807) is 7.11 Å². The lowest BCUT2D eigenvalue weighted by molar-refractivity contribution is -0.0190. The first-order valence-corrected chi connectivity index (χ1v) is 11.0. The molecule has 4 nitrogen and oxygen atoms in total. The van der Waals surface area contributed by atoms with Gasteiger partial charge in [-0.1, -0.05) is 49.7 Å². The molecule has 0 N–H and O–H groups in total. The molecule has 0 saturated heterocycles. The van der Waals surface area contributed by atoms with Gasteiger partial charge >= 0.3 is 0 Å². The second-order valence-corrected chi connectivity index (χ2v) is 8.79. The Morgan fingerprint density at radius 2 is 1.77 bits per heavy atom. The number of fused-ring (bicyclic) bond motifs is 3. The number of hydrogen-bond acceptors (Lipinski definition) is 4. The number of methoxy groups -OCH3 is 1. The third kappa shape index (κ3) is 3.66. The highest BCUT2D eigenvalue weighted by Gasteiger charge is 2.41. The predicted molar refractivity (Wildman–Crippen MR) is 124 cm³/mol. The second kappa shape index (κ2) is 7.93. The van der Waals surface area contributed by atoms with Crippen molar-refractivity contribution < 1.29 is 9.47 Å². The summed E-state index contributed by atoms with van der Waals surface area (Å²) in [6.45, 7) is 4.40. The van der Waals surface area contributed by atoms with Crippen molar-refractivity contribution in [2.75, 3.05) is 7.11 Å². The zero-order valence-corrected chi connectivity index (χ0v) is 18.6. The number of rotatable bonds is 4. The van der Waals surface area contributed by atoms with Gasteiger partial charge < -0.3 is 9.47 Å². The molecule has 31 heavy (non-hydrogen) atoms. The predicted octanol–water partition coefficient (Wildman–Crippen LogP) is 6.71. The molecule has 0 unspecified atom stereocenters. The van der Waals surface area contributed by atoms with Gasteiger partial charge in [0.25, 0.3) is 0 Å². The van der Waals surface area contributed by atoms with E-state index in [1.807, 2.05) is 30.3 Å². The van der Waals surface area contributed by atoms with Crippen LogP contribution in [0.5, 0.6) is 11.5 Å². The molecule has 0 spiro atoms. The van der Waals surface area contributed by atoms with Gasteiger partial charge in [-0.05, 0) is 59.5 Å². The molecule has 0 radical (unpaired) electrons. The molecule has 2 aliphatic rings. The van der Waals surface area contributed by atoms with Crippen LogP contribution >= 0.6 is 11.6 Å². The summed E-state index contributed by atoms with van der Waals surface area (Å²) in [5, 5.41) is 7.81. The van der Waals surface area contributed by atoms with Crippen molar-refractivity contribution >= 4 is 17.3 Å². The maximum absolute atomic E-state index is 6.45. The van der Waals surface area contributed by atoms with Crippen molar-refractivity contribution in [3.05, 3.63) is 94.0 Å². The van der Waals surface area contributed by atoms with E-state index in [-0.39, 0.29) is 12.3 Å². The second-order valence-electron chi connectivity index (χ2n) is 8.35. The van der Waals surface area contributed by atoms with E-state index in [9.17, 15) is 0 Å². The molecule has 0 fully saturated rings. The molecule has 5 rings (SSSR count). The summed E-state index contributed by atoms with van der Waals surface area (Å²) in [6.07, 6.45) is 0.513. The quantitative estimate of drug-likeness (QED) is 0.459. The Labute approximate surface area is 188 Å². The van der Waals surface area contributed by atoms with Gasteiger partial charge in [-0.2, -0.15) is 5.10 Å². The van der Waals surface area contributed by atoms with Crippen molar-refractivity contribution in [2.24, 2.45) is 5.10 Å². The SMILES string of the molecule is COc1ccc(C2=NN3[C@@H](C2)c2cc(Cl)ccc2O[C@H]3c2ccc(C(C)C)cc2)cc1. The minimum atomic E-state index is -0.282. The summed E-state index contributed by atoms with van der Waals surface area (Å²) in [5.41, 5.74) is 5.61. The van der Waals surface area contributed by atoms with Crippen LogP contribution in [0, 0.1) is 0 Å². The normalized spacial score (nSPS) is 19.5. The Balaban J connectivity index is 1.55. The number of ether oxygens (including phenoxy) is 2. The van der Waals surface area contributed by atoms with Gasteiger partial charge in [0.15, 0.2) is 0 Å². The number of hydrazone groups is 1. The van der Waals surface area contributed by atoms with E-state index in [0.717, 1.165) is 40.3 Å². The first kappa shape index (κ1) is 20.0. The van der Waals surface area contributed by atoms with Crippen LogP contribution in [0.3, 0.4) is 0 Å². The van der Waals surface area contributed by atoms with Crippen molar-refractivity contribution in [3.8, 4) is 11.5 Å². The molecule has 0 aliphatic carbocycles. The number of halogens is 1. The standard InChI is InChI=1S/C26H25ClN2O2/c1-16(2)17-4-6-19(7-5-17)26-29-24(22-14-20(27)10-13-25(22)31-26)15-23(28-29)18-8-11-21(30-3)12-9-18/h4-14,16,24,26H,15H2,1-3H3/t24-,26-/m0/s1. The first-order chi connectivity index (χ1) is 15.0. The van der Waals surface area contributed by atoms with Crippen molar-refractivity contribution in [3.63, 3.8) is 0 Å². The Kier molecular flexibility index (Phi) is 5.11. The Bertz CT molecular complexity index is 1120. The molecular weight excluding hydrogens is 408 g/mol. The summed E-state index contributed by atoms with van der Waals surface area (Å²) in [7, 11) is 1.68. The zero-order chi connectivity index (χ0) is 21.5. The van der Waals surface area contributed by atoms with Gasteiger partial charge in [-0.15, -0.1) is 0 Å². The van der Waals surface area contributed by atoms with Gasteiger partial charge in [0, 0.05) is 22.6 Å². The van der Waals surface area contributed by atoms with Crippen LogP contribution in [0.1, 0.15) is 60.7 Å². The van der Waals surface area contributed by atoms with Crippen LogP contribution in [0.4, 0.5) is 0 Å². The monoisotopic (exact) mass is 432 g/mol. The molecule has 2 heterocycles. The molecule has 2 atom stereocenters. The fourth-order valence-corrected chi connectivity index (χ4v) is 4.46. The number of hydrogen-bond donors (Lipinski definition) is 0. The summed E-state index contributed by atoms with van der Waals surface area (Å²) >= 11 is 6.33. The molecule has 3 aromatic rings. The molecule has 0 aromatic heterocycles. The van der Waals surface area contributed by atoms with Crippen LogP contribution < -0.4 is 9.47 Å². The van der Waals surface area contributed by atoms with Crippen molar-refractivity contribution in [2.45, 2.75) is 38.5 Å². The summed E-state index contributed by atoms with van der Waals surface area (Å²) < 4.78 is 11.8.